The van der Waals surface area contributed by atoms with Gasteiger partial charge in [0.1, 0.15) is 18.1 Å². The summed E-state index contributed by atoms with van der Waals surface area (Å²) in [7, 11) is 3.41. The van der Waals surface area contributed by atoms with Crippen LogP contribution in [0.3, 0.4) is 0 Å². The van der Waals surface area contributed by atoms with Crippen molar-refractivity contribution in [3.8, 4) is 11.5 Å². The summed E-state index contributed by atoms with van der Waals surface area (Å²) in [5.41, 5.74) is 3.56. The van der Waals surface area contributed by atoms with Gasteiger partial charge < -0.3 is 9.47 Å². The third-order valence-electron chi connectivity index (χ3n) is 4.14. The highest BCUT2D eigenvalue weighted by Gasteiger charge is 2.07. The molecule has 3 aromatic rings. The van der Waals surface area contributed by atoms with Crippen LogP contribution < -0.4 is 9.47 Å². The third-order valence-corrected chi connectivity index (χ3v) is 4.14. The molecule has 0 radical (unpaired) electrons. The van der Waals surface area contributed by atoms with Crippen molar-refractivity contribution < 1.29 is 14.3 Å². The number of allylic oxidation sites excluding steroid dienone is 1. The Hall–Kier alpha value is -3.34. The first-order valence-electron chi connectivity index (χ1n) is 8.62. The quantitative estimate of drug-likeness (QED) is 0.467. The number of ketones is 1. The molecule has 5 nitrogen and oxygen atoms in total. The average molecular weight is 362 g/mol. The minimum absolute atomic E-state index is 0.0867. The highest BCUT2D eigenvalue weighted by atomic mass is 16.5. The number of methoxy groups -OCH3 is 1. The number of rotatable bonds is 7. The molecule has 1 aromatic heterocycles. The Morgan fingerprint density at radius 1 is 1.19 bits per heavy atom. The molecule has 3 rings (SSSR count). The van der Waals surface area contributed by atoms with Gasteiger partial charge in [-0.05, 0) is 42.8 Å². The summed E-state index contributed by atoms with van der Waals surface area (Å²) >= 11 is 0. The highest BCUT2D eigenvalue weighted by molar-refractivity contribution is 6.06. The van der Waals surface area contributed by atoms with Crippen molar-refractivity contribution in [2.24, 2.45) is 7.05 Å². The van der Waals surface area contributed by atoms with E-state index in [0.717, 1.165) is 22.6 Å². The Balaban J connectivity index is 1.73. The van der Waals surface area contributed by atoms with E-state index in [1.807, 2.05) is 49.4 Å². The van der Waals surface area contributed by atoms with Gasteiger partial charge in [-0.3, -0.25) is 9.48 Å². The van der Waals surface area contributed by atoms with Crippen LogP contribution in [0.1, 0.15) is 27.0 Å². The molecule has 0 N–H and O–H groups in total. The molecule has 27 heavy (non-hydrogen) atoms. The molecule has 138 valence electrons. The first kappa shape index (κ1) is 18.5. The summed E-state index contributed by atoms with van der Waals surface area (Å²) in [5, 5.41) is 4.02. The first-order valence-corrected chi connectivity index (χ1v) is 8.62. The smallest absolute Gasteiger partial charge is 0.189 e. The Bertz CT molecular complexity index is 956. The normalized spacial score (nSPS) is 10.9. The number of aromatic nitrogens is 2. The van der Waals surface area contributed by atoms with Gasteiger partial charge >= 0.3 is 0 Å². The fourth-order valence-corrected chi connectivity index (χ4v) is 2.63. The van der Waals surface area contributed by atoms with Gasteiger partial charge in [-0.1, -0.05) is 29.8 Å². The van der Waals surface area contributed by atoms with Crippen LogP contribution in [-0.4, -0.2) is 22.7 Å². The third kappa shape index (κ3) is 4.85. The van der Waals surface area contributed by atoms with Gasteiger partial charge in [-0.15, -0.1) is 0 Å². The van der Waals surface area contributed by atoms with E-state index in [0.29, 0.717) is 12.2 Å². The SMILES string of the molecule is COc1ccc(/C=C/C(=O)c2cnn(C)c2)cc1COc1ccc(C)cc1. The topological polar surface area (TPSA) is 53.3 Å². The van der Waals surface area contributed by atoms with Crippen LogP contribution in [-0.2, 0) is 13.7 Å². The second-order valence-electron chi connectivity index (χ2n) is 6.27. The van der Waals surface area contributed by atoms with Crippen LogP contribution in [0.25, 0.3) is 6.08 Å². The van der Waals surface area contributed by atoms with Crippen molar-refractivity contribution >= 4 is 11.9 Å². The summed E-state index contributed by atoms with van der Waals surface area (Å²) in [6, 6.07) is 13.6. The molecule has 0 bridgehead atoms. The molecule has 0 fully saturated rings. The van der Waals surface area contributed by atoms with Crippen molar-refractivity contribution in [3.63, 3.8) is 0 Å². The van der Waals surface area contributed by atoms with Crippen molar-refractivity contribution in [2.75, 3.05) is 7.11 Å². The minimum atomic E-state index is -0.0867. The zero-order chi connectivity index (χ0) is 19.2. The lowest BCUT2D eigenvalue weighted by atomic mass is 10.1. The maximum atomic E-state index is 12.2. The fourth-order valence-electron chi connectivity index (χ4n) is 2.63. The van der Waals surface area contributed by atoms with Gasteiger partial charge in [0.05, 0.1) is 18.9 Å². The average Bonchev–Trinajstić information content (AvgIpc) is 3.12. The molecule has 2 aromatic carbocycles. The summed E-state index contributed by atoms with van der Waals surface area (Å²) in [4.78, 5) is 12.2. The standard InChI is InChI=1S/C22H22N2O3/c1-16-4-8-20(9-5-16)27-15-18-12-17(7-11-22(18)26-3)6-10-21(25)19-13-23-24(2)14-19/h4-14H,15H2,1-3H3/b10-6+. The van der Waals surface area contributed by atoms with Gasteiger partial charge in [0, 0.05) is 18.8 Å². The number of carbonyl (C=O) groups is 1. The lowest BCUT2D eigenvalue weighted by Gasteiger charge is -2.11. The van der Waals surface area contributed by atoms with Crippen molar-refractivity contribution in [1.29, 1.82) is 0 Å². The van der Waals surface area contributed by atoms with E-state index in [-0.39, 0.29) is 5.78 Å². The molecule has 0 saturated carbocycles. The number of carbonyl (C=O) groups excluding carboxylic acids is 1. The molecule has 5 heteroatoms. The summed E-state index contributed by atoms with van der Waals surface area (Å²) in [6.07, 6.45) is 6.58. The number of hydrogen-bond donors (Lipinski definition) is 0. The van der Waals surface area contributed by atoms with E-state index in [1.165, 1.54) is 5.56 Å². The lowest BCUT2D eigenvalue weighted by Crippen LogP contribution is -1.99. The van der Waals surface area contributed by atoms with Crippen LogP contribution in [0, 0.1) is 6.92 Å². The second-order valence-corrected chi connectivity index (χ2v) is 6.27. The van der Waals surface area contributed by atoms with E-state index in [9.17, 15) is 4.79 Å². The first-order chi connectivity index (χ1) is 13.0. The number of benzene rings is 2. The minimum Gasteiger partial charge on any atom is -0.496 e. The number of nitrogens with zero attached hydrogens (tertiary/aromatic N) is 2. The Morgan fingerprint density at radius 3 is 2.63 bits per heavy atom. The lowest BCUT2D eigenvalue weighted by molar-refractivity contribution is 0.104. The monoisotopic (exact) mass is 362 g/mol. The molecule has 0 amide bonds. The zero-order valence-electron chi connectivity index (χ0n) is 15.7. The van der Waals surface area contributed by atoms with Crippen molar-refractivity contribution in [1.82, 2.24) is 9.78 Å². The zero-order valence-corrected chi connectivity index (χ0v) is 15.7. The molecular weight excluding hydrogens is 340 g/mol. The van der Waals surface area contributed by atoms with Crippen molar-refractivity contribution in [2.45, 2.75) is 13.5 Å². The fraction of sp³-hybridized carbons (Fsp3) is 0.182. The Kier molecular flexibility index (Phi) is 5.71. The van der Waals surface area contributed by atoms with Crippen LogP contribution in [0.15, 0.2) is 60.9 Å². The number of hydrogen-bond acceptors (Lipinski definition) is 4. The van der Waals surface area contributed by atoms with E-state index >= 15 is 0 Å². The van der Waals surface area contributed by atoms with Gasteiger partial charge in [0.2, 0.25) is 0 Å². The highest BCUT2D eigenvalue weighted by Crippen LogP contribution is 2.23. The molecular formula is C22H22N2O3. The van der Waals surface area contributed by atoms with Gasteiger partial charge in [-0.25, -0.2) is 0 Å². The van der Waals surface area contributed by atoms with E-state index in [1.54, 1.807) is 43.4 Å². The molecule has 0 saturated heterocycles. The summed E-state index contributed by atoms with van der Waals surface area (Å²) < 4.78 is 12.9. The van der Waals surface area contributed by atoms with Crippen LogP contribution in [0.5, 0.6) is 11.5 Å². The van der Waals surface area contributed by atoms with E-state index in [2.05, 4.69) is 5.10 Å². The molecule has 0 aliphatic carbocycles. The molecule has 0 unspecified atom stereocenters. The van der Waals surface area contributed by atoms with Gasteiger partial charge in [-0.2, -0.15) is 5.10 Å². The second kappa shape index (κ2) is 8.36. The van der Waals surface area contributed by atoms with Crippen LogP contribution in [0.2, 0.25) is 0 Å². The molecule has 0 atom stereocenters. The van der Waals surface area contributed by atoms with Crippen LogP contribution in [0.4, 0.5) is 0 Å². The van der Waals surface area contributed by atoms with E-state index in [4.69, 9.17) is 9.47 Å². The van der Waals surface area contributed by atoms with E-state index < -0.39 is 0 Å². The predicted octanol–water partition coefficient (Wildman–Crippen LogP) is 4.21. The summed E-state index contributed by atoms with van der Waals surface area (Å²) in [6.45, 7) is 2.42. The van der Waals surface area contributed by atoms with Crippen LogP contribution >= 0.6 is 0 Å². The molecule has 0 aliphatic heterocycles. The largest absolute Gasteiger partial charge is 0.496 e. The maximum Gasteiger partial charge on any atom is 0.189 e. The molecule has 0 spiro atoms. The van der Waals surface area contributed by atoms with Gasteiger partial charge in [0.25, 0.3) is 0 Å². The van der Waals surface area contributed by atoms with Gasteiger partial charge in [0.15, 0.2) is 5.78 Å². The Labute approximate surface area is 158 Å². The predicted molar refractivity (Wildman–Crippen MR) is 105 cm³/mol. The number of aryl methyl sites for hydroxylation is 2. The maximum absolute atomic E-state index is 12.2. The molecule has 1 heterocycles. The Morgan fingerprint density at radius 2 is 1.96 bits per heavy atom. The molecule has 0 aliphatic rings. The summed E-state index contributed by atoms with van der Waals surface area (Å²) in [5.74, 6) is 1.46. The van der Waals surface area contributed by atoms with Crippen molar-refractivity contribution in [3.05, 3.63) is 83.2 Å². The number of ether oxygens (including phenoxy) is 2.